The van der Waals surface area contributed by atoms with Gasteiger partial charge in [0.1, 0.15) is 0 Å². The first-order chi connectivity index (χ1) is 9.47. The highest BCUT2D eigenvalue weighted by Gasteiger charge is 2.28. The lowest BCUT2D eigenvalue weighted by molar-refractivity contribution is -0.134. The second-order valence-electron chi connectivity index (χ2n) is 6.05. The number of carbonyl (C=O) groups excluding carboxylic acids is 1. The van der Waals surface area contributed by atoms with Gasteiger partial charge in [0.05, 0.1) is 6.04 Å². The molecular weight excluding hydrogens is 254 g/mol. The van der Waals surface area contributed by atoms with E-state index < -0.39 is 6.04 Å². The molecule has 0 aromatic heterocycles. The normalized spacial score (nSPS) is 19.3. The molecule has 118 valence electrons. The molecule has 0 radical (unpaired) electrons. The zero-order valence-electron chi connectivity index (χ0n) is 13.5. The fourth-order valence-corrected chi connectivity index (χ4v) is 2.80. The number of likely N-dealkylation sites (N-methyl/N-ethyl adjacent to an activating group) is 1. The number of ether oxygens (including phenoxy) is 1. The van der Waals surface area contributed by atoms with Gasteiger partial charge in [0.25, 0.3) is 0 Å². The highest BCUT2D eigenvalue weighted by atomic mass is 16.5. The van der Waals surface area contributed by atoms with Crippen LogP contribution in [0.4, 0.5) is 0 Å². The second kappa shape index (κ2) is 8.60. The van der Waals surface area contributed by atoms with Crippen LogP contribution in [0.25, 0.3) is 0 Å². The molecule has 0 saturated carbocycles. The van der Waals surface area contributed by atoms with Crippen molar-refractivity contribution in [3.8, 4) is 0 Å². The Balaban J connectivity index is 2.37. The van der Waals surface area contributed by atoms with Crippen molar-refractivity contribution in [1.82, 2.24) is 9.80 Å². The third kappa shape index (κ3) is 5.04. The van der Waals surface area contributed by atoms with Crippen LogP contribution < -0.4 is 5.73 Å². The Hall–Kier alpha value is -0.650. The molecule has 5 heteroatoms. The molecule has 0 spiro atoms. The van der Waals surface area contributed by atoms with Crippen molar-refractivity contribution in [3.05, 3.63) is 0 Å². The third-order valence-electron chi connectivity index (χ3n) is 4.31. The molecule has 1 amide bonds. The van der Waals surface area contributed by atoms with Gasteiger partial charge < -0.3 is 20.3 Å². The largest absolute Gasteiger partial charge is 0.385 e. The number of rotatable bonds is 7. The highest BCUT2D eigenvalue weighted by molar-refractivity contribution is 5.81. The molecule has 0 aromatic carbocycles. The maximum Gasteiger partial charge on any atom is 0.239 e. The zero-order valence-corrected chi connectivity index (χ0v) is 13.5. The molecule has 1 rings (SSSR count). The second-order valence-corrected chi connectivity index (χ2v) is 6.05. The minimum Gasteiger partial charge on any atom is -0.385 e. The molecule has 1 heterocycles. The van der Waals surface area contributed by atoms with Crippen molar-refractivity contribution in [2.24, 2.45) is 5.73 Å². The van der Waals surface area contributed by atoms with Crippen molar-refractivity contribution in [3.63, 3.8) is 0 Å². The van der Waals surface area contributed by atoms with Gasteiger partial charge in [0, 0.05) is 45.9 Å². The van der Waals surface area contributed by atoms with E-state index in [0.717, 1.165) is 32.4 Å². The Morgan fingerprint density at radius 3 is 2.50 bits per heavy atom. The van der Waals surface area contributed by atoms with Gasteiger partial charge in [-0.15, -0.1) is 0 Å². The van der Waals surface area contributed by atoms with Crippen molar-refractivity contribution in [1.29, 1.82) is 0 Å². The van der Waals surface area contributed by atoms with E-state index in [4.69, 9.17) is 10.5 Å². The number of nitrogens with zero attached hydrogens (tertiary/aromatic N) is 2. The first-order valence-corrected chi connectivity index (χ1v) is 7.72. The van der Waals surface area contributed by atoms with E-state index in [9.17, 15) is 4.79 Å². The number of carbonyl (C=O) groups is 1. The summed E-state index contributed by atoms with van der Waals surface area (Å²) >= 11 is 0. The van der Waals surface area contributed by atoms with Crippen LogP contribution in [0.15, 0.2) is 0 Å². The van der Waals surface area contributed by atoms with Gasteiger partial charge in [0.2, 0.25) is 5.91 Å². The van der Waals surface area contributed by atoms with Crippen LogP contribution in [-0.4, -0.2) is 67.7 Å². The molecule has 2 N–H and O–H groups in total. The maximum atomic E-state index is 12.3. The van der Waals surface area contributed by atoms with Gasteiger partial charge >= 0.3 is 0 Å². The van der Waals surface area contributed by atoms with E-state index in [1.54, 1.807) is 7.11 Å². The standard InChI is InChI=1S/C15H31N3O2/c1-12(2)18-9-7-13(8-10-18)17(3)15(19)14(16)6-5-11-20-4/h12-14H,5-11,16H2,1-4H3. The van der Waals surface area contributed by atoms with Crippen LogP contribution >= 0.6 is 0 Å². The van der Waals surface area contributed by atoms with E-state index in [1.165, 1.54) is 0 Å². The summed E-state index contributed by atoms with van der Waals surface area (Å²) in [6, 6.07) is 0.539. The first kappa shape index (κ1) is 17.4. The van der Waals surface area contributed by atoms with Crippen LogP contribution in [0.1, 0.15) is 39.5 Å². The Labute approximate surface area is 123 Å². The van der Waals surface area contributed by atoms with Crippen molar-refractivity contribution < 1.29 is 9.53 Å². The minimum atomic E-state index is -0.390. The molecule has 1 atom stereocenters. The number of methoxy groups -OCH3 is 1. The molecule has 1 unspecified atom stereocenters. The zero-order chi connectivity index (χ0) is 15.1. The number of nitrogens with two attached hydrogens (primary N) is 1. The van der Waals surface area contributed by atoms with Crippen LogP contribution in [0.3, 0.4) is 0 Å². The molecule has 0 bridgehead atoms. The summed E-state index contributed by atoms with van der Waals surface area (Å²) in [4.78, 5) is 16.6. The molecule has 1 saturated heterocycles. The van der Waals surface area contributed by atoms with Crippen LogP contribution in [0.2, 0.25) is 0 Å². The van der Waals surface area contributed by atoms with E-state index >= 15 is 0 Å². The quantitative estimate of drug-likeness (QED) is 0.711. The fraction of sp³-hybridized carbons (Fsp3) is 0.933. The van der Waals surface area contributed by atoms with Crippen LogP contribution in [0.5, 0.6) is 0 Å². The number of hydrogen-bond acceptors (Lipinski definition) is 4. The molecule has 20 heavy (non-hydrogen) atoms. The molecule has 1 aliphatic rings. The van der Waals surface area contributed by atoms with Gasteiger partial charge in [0.15, 0.2) is 0 Å². The number of amides is 1. The highest BCUT2D eigenvalue weighted by Crippen LogP contribution is 2.18. The SMILES string of the molecule is COCCCC(N)C(=O)N(C)C1CCN(C(C)C)CC1. The smallest absolute Gasteiger partial charge is 0.239 e. The summed E-state index contributed by atoms with van der Waals surface area (Å²) in [5.41, 5.74) is 5.98. The lowest BCUT2D eigenvalue weighted by Gasteiger charge is -2.39. The van der Waals surface area contributed by atoms with Crippen molar-refractivity contribution in [2.75, 3.05) is 33.9 Å². The van der Waals surface area contributed by atoms with E-state index in [0.29, 0.717) is 25.1 Å². The lowest BCUT2D eigenvalue weighted by atomic mass is 10.0. The Morgan fingerprint density at radius 1 is 1.40 bits per heavy atom. The van der Waals surface area contributed by atoms with E-state index in [1.807, 2.05) is 11.9 Å². The summed E-state index contributed by atoms with van der Waals surface area (Å²) in [7, 11) is 3.57. The Bertz CT molecular complexity index is 289. The van der Waals surface area contributed by atoms with E-state index in [2.05, 4.69) is 18.7 Å². The summed E-state index contributed by atoms with van der Waals surface area (Å²) in [5, 5.41) is 0. The predicted molar refractivity (Wildman–Crippen MR) is 81.6 cm³/mol. The number of hydrogen-bond donors (Lipinski definition) is 1. The summed E-state index contributed by atoms with van der Waals surface area (Å²) in [6.45, 7) is 7.25. The predicted octanol–water partition coefficient (Wildman–Crippen LogP) is 1.07. The minimum absolute atomic E-state index is 0.0732. The average Bonchev–Trinajstić information content (AvgIpc) is 2.46. The van der Waals surface area contributed by atoms with Crippen molar-refractivity contribution in [2.45, 2.75) is 57.7 Å². The van der Waals surface area contributed by atoms with E-state index in [-0.39, 0.29) is 5.91 Å². The van der Waals surface area contributed by atoms with Crippen molar-refractivity contribution >= 4 is 5.91 Å². The molecule has 5 nitrogen and oxygen atoms in total. The van der Waals surface area contributed by atoms with Crippen LogP contribution in [0, 0.1) is 0 Å². The van der Waals surface area contributed by atoms with Crippen LogP contribution in [-0.2, 0) is 9.53 Å². The van der Waals surface area contributed by atoms with Gasteiger partial charge in [-0.1, -0.05) is 0 Å². The lowest BCUT2D eigenvalue weighted by Crippen LogP contribution is -2.51. The van der Waals surface area contributed by atoms with Gasteiger partial charge in [-0.05, 0) is 39.5 Å². The molecule has 0 aromatic rings. The maximum absolute atomic E-state index is 12.3. The van der Waals surface area contributed by atoms with Gasteiger partial charge in [-0.25, -0.2) is 0 Å². The number of piperidine rings is 1. The third-order valence-corrected chi connectivity index (χ3v) is 4.31. The van der Waals surface area contributed by atoms with Gasteiger partial charge in [-0.3, -0.25) is 4.79 Å². The van der Waals surface area contributed by atoms with Gasteiger partial charge in [-0.2, -0.15) is 0 Å². The molecule has 0 aliphatic carbocycles. The average molecular weight is 285 g/mol. The first-order valence-electron chi connectivity index (χ1n) is 7.72. The Morgan fingerprint density at radius 2 is 2.00 bits per heavy atom. The summed E-state index contributed by atoms with van der Waals surface area (Å²) < 4.78 is 5.00. The summed E-state index contributed by atoms with van der Waals surface area (Å²) in [6.07, 6.45) is 3.63. The summed E-state index contributed by atoms with van der Waals surface area (Å²) in [5.74, 6) is 0.0732. The number of likely N-dealkylation sites (tertiary alicyclic amines) is 1. The molecular formula is C15H31N3O2. The topological polar surface area (TPSA) is 58.8 Å². The molecule has 1 aliphatic heterocycles. The monoisotopic (exact) mass is 285 g/mol. The Kier molecular flexibility index (Phi) is 7.48. The molecule has 1 fully saturated rings. The fourth-order valence-electron chi connectivity index (χ4n) is 2.80.